The summed E-state index contributed by atoms with van der Waals surface area (Å²) in [4.78, 5) is 31.5. The fourth-order valence-electron chi connectivity index (χ4n) is 2.69. The Kier molecular flexibility index (Phi) is 5.51. The van der Waals surface area contributed by atoms with Gasteiger partial charge in [0.15, 0.2) is 0 Å². The van der Waals surface area contributed by atoms with Gasteiger partial charge in [-0.2, -0.15) is 0 Å². The lowest BCUT2D eigenvalue weighted by atomic mass is 10.1. The second kappa shape index (κ2) is 7.82. The number of urea groups is 1. The molecule has 2 amide bonds. The van der Waals surface area contributed by atoms with Crippen LogP contribution >= 0.6 is 11.6 Å². The topological polar surface area (TPSA) is 95.9 Å². The Labute approximate surface area is 157 Å². The maximum absolute atomic E-state index is 12.6. The van der Waals surface area contributed by atoms with Crippen LogP contribution in [0.15, 0.2) is 18.6 Å². The zero-order valence-electron chi connectivity index (χ0n) is 15.0. The van der Waals surface area contributed by atoms with E-state index in [0.29, 0.717) is 29.9 Å². The van der Waals surface area contributed by atoms with Crippen molar-refractivity contribution in [1.82, 2.24) is 30.2 Å². The summed E-state index contributed by atoms with van der Waals surface area (Å²) >= 11 is 5.80. The number of amides is 2. The molecule has 9 heteroatoms. The number of carbonyl (C=O) groups excluding carboxylic acids is 1. The van der Waals surface area contributed by atoms with Crippen molar-refractivity contribution in [2.75, 3.05) is 11.9 Å². The van der Waals surface area contributed by atoms with Gasteiger partial charge in [-0.05, 0) is 32.8 Å². The van der Waals surface area contributed by atoms with E-state index in [9.17, 15) is 4.79 Å². The molecule has 3 heterocycles. The number of anilines is 1. The largest absolute Gasteiger partial charge is 0.352 e. The van der Waals surface area contributed by atoms with Gasteiger partial charge in [-0.3, -0.25) is 0 Å². The Morgan fingerprint density at radius 2 is 1.92 bits per heavy atom. The number of hydrogen-bond donors (Lipinski definition) is 2. The van der Waals surface area contributed by atoms with Crippen molar-refractivity contribution in [3.05, 3.63) is 40.7 Å². The molecule has 1 unspecified atom stereocenters. The fourth-order valence-corrected chi connectivity index (χ4v) is 2.79. The van der Waals surface area contributed by atoms with Crippen LogP contribution in [0.5, 0.6) is 0 Å². The van der Waals surface area contributed by atoms with Crippen molar-refractivity contribution < 1.29 is 4.79 Å². The fraction of sp³-hybridized carbons (Fsp3) is 0.471. The molecule has 0 bridgehead atoms. The first-order chi connectivity index (χ1) is 12.4. The molecule has 3 rings (SSSR count). The second-order valence-corrected chi connectivity index (χ2v) is 7.00. The third-order valence-electron chi connectivity index (χ3n) is 4.02. The highest BCUT2D eigenvalue weighted by molar-refractivity contribution is 6.30. The van der Waals surface area contributed by atoms with Gasteiger partial charge in [0.05, 0.1) is 23.3 Å². The van der Waals surface area contributed by atoms with Crippen LogP contribution in [0.4, 0.5) is 10.7 Å². The van der Waals surface area contributed by atoms with E-state index in [1.54, 1.807) is 4.90 Å². The number of aromatic nitrogens is 4. The van der Waals surface area contributed by atoms with Crippen LogP contribution in [-0.2, 0) is 13.0 Å². The van der Waals surface area contributed by atoms with E-state index in [1.165, 1.54) is 12.4 Å². The minimum atomic E-state index is -0.315. The predicted molar refractivity (Wildman–Crippen MR) is 98.9 cm³/mol. The Bertz CT molecular complexity index is 781. The van der Waals surface area contributed by atoms with Crippen molar-refractivity contribution in [1.29, 1.82) is 0 Å². The SMILES string of the molecule is CC(C)Nc1ncc2c(n1)CN(C(=O)NC(C)c1ncc(Cl)cn1)CC2. The second-order valence-electron chi connectivity index (χ2n) is 6.57. The average Bonchev–Trinajstić information content (AvgIpc) is 2.61. The molecular weight excluding hydrogens is 354 g/mol. The van der Waals surface area contributed by atoms with Gasteiger partial charge in [-0.25, -0.2) is 24.7 Å². The lowest BCUT2D eigenvalue weighted by Crippen LogP contribution is -2.44. The van der Waals surface area contributed by atoms with Crippen molar-refractivity contribution >= 4 is 23.6 Å². The molecule has 1 aliphatic heterocycles. The smallest absolute Gasteiger partial charge is 0.318 e. The zero-order valence-corrected chi connectivity index (χ0v) is 15.8. The highest BCUT2D eigenvalue weighted by Gasteiger charge is 2.24. The van der Waals surface area contributed by atoms with E-state index in [2.05, 4.69) is 30.6 Å². The molecule has 0 saturated heterocycles. The zero-order chi connectivity index (χ0) is 18.7. The highest BCUT2D eigenvalue weighted by Crippen LogP contribution is 2.19. The highest BCUT2D eigenvalue weighted by atomic mass is 35.5. The van der Waals surface area contributed by atoms with Gasteiger partial charge < -0.3 is 15.5 Å². The third-order valence-corrected chi connectivity index (χ3v) is 4.21. The summed E-state index contributed by atoms with van der Waals surface area (Å²) in [7, 11) is 0. The van der Waals surface area contributed by atoms with Crippen molar-refractivity contribution in [3.63, 3.8) is 0 Å². The Balaban J connectivity index is 1.65. The maximum Gasteiger partial charge on any atom is 0.318 e. The normalized spacial score (nSPS) is 14.7. The number of nitrogens with zero attached hydrogens (tertiary/aromatic N) is 5. The summed E-state index contributed by atoms with van der Waals surface area (Å²) in [5.41, 5.74) is 1.96. The number of nitrogens with one attached hydrogen (secondary N) is 2. The molecule has 0 spiro atoms. The molecule has 2 aromatic rings. The molecule has 0 radical (unpaired) electrons. The first-order valence-electron chi connectivity index (χ1n) is 8.56. The molecule has 8 nitrogen and oxygen atoms in total. The molecule has 26 heavy (non-hydrogen) atoms. The van der Waals surface area contributed by atoms with Crippen LogP contribution in [0.3, 0.4) is 0 Å². The number of fused-ring (bicyclic) bond motifs is 1. The van der Waals surface area contributed by atoms with Crippen molar-refractivity contribution in [2.24, 2.45) is 0 Å². The van der Waals surface area contributed by atoms with E-state index in [1.807, 2.05) is 27.0 Å². The molecule has 0 saturated carbocycles. The van der Waals surface area contributed by atoms with Crippen LogP contribution in [0, 0.1) is 0 Å². The molecular formula is C17H22ClN7O. The standard InChI is InChI=1S/C17H22ClN7O/c1-10(2)22-16-21-6-12-4-5-25(9-14(12)24-16)17(26)23-11(3)15-19-7-13(18)8-20-15/h6-8,10-11H,4-5,9H2,1-3H3,(H,23,26)(H,21,22,24). The monoisotopic (exact) mass is 375 g/mol. The summed E-state index contributed by atoms with van der Waals surface area (Å²) in [5.74, 6) is 1.11. The summed E-state index contributed by atoms with van der Waals surface area (Å²) < 4.78 is 0. The Morgan fingerprint density at radius 3 is 2.62 bits per heavy atom. The van der Waals surface area contributed by atoms with Gasteiger partial charge in [0, 0.05) is 31.2 Å². The lowest BCUT2D eigenvalue weighted by Gasteiger charge is -2.29. The minimum Gasteiger partial charge on any atom is -0.352 e. The van der Waals surface area contributed by atoms with Crippen LogP contribution < -0.4 is 10.6 Å². The number of rotatable bonds is 4. The van der Waals surface area contributed by atoms with Crippen molar-refractivity contribution in [2.45, 2.75) is 45.8 Å². The number of carbonyl (C=O) groups is 1. The quantitative estimate of drug-likeness (QED) is 0.852. The third kappa shape index (κ3) is 4.37. The first-order valence-corrected chi connectivity index (χ1v) is 8.94. The Hall–Kier alpha value is -2.48. The van der Waals surface area contributed by atoms with Gasteiger partial charge in [-0.1, -0.05) is 11.6 Å². The summed E-state index contributed by atoms with van der Waals surface area (Å²) in [6.45, 7) is 6.97. The Morgan fingerprint density at radius 1 is 1.19 bits per heavy atom. The molecule has 2 N–H and O–H groups in total. The van der Waals surface area contributed by atoms with E-state index >= 15 is 0 Å². The molecule has 138 valence electrons. The van der Waals surface area contributed by atoms with Crippen LogP contribution in [0.2, 0.25) is 5.02 Å². The molecule has 2 aromatic heterocycles. The summed E-state index contributed by atoms with van der Waals surface area (Å²) in [5, 5.41) is 6.57. The van der Waals surface area contributed by atoms with Crippen molar-refractivity contribution in [3.8, 4) is 0 Å². The molecule has 1 aliphatic rings. The predicted octanol–water partition coefficient (Wildman–Crippen LogP) is 2.57. The molecule has 0 aliphatic carbocycles. The van der Waals surface area contributed by atoms with Crippen LogP contribution in [0.1, 0.15) is 43.9 Å². The maximum atomic E-state index is 12.6. The number of hydrogen-bond acceptors (Lipinski definition) is 6. The van der Waals surface area contributed by atoms with Crippen LogP contribution in [-0.4, -0.2) is 43.5 Å². The van der Waals surface area contributed by atoms with Crippen LogP contribution in [0.25, 0.3) is 0 Å². The average molecular weight is 376 g/mol. The van der Waals surface area contributed by atoms with E-state index < -0.39 is 0 Å². The van der Waals surface area contributed by atoms with Gasteiger partial charge in [-0.15, -0.1) is 0 Å². The van der Waals surface area contributed by atoms with Gasteiger partial charge in [0.1, 0.15) is 5.82 Å². The number of halogens is 1. The van der Waals surface area contributed by atoms with E-state index in [4.69, 9.17) is 11.6 Å². The van der Waals surface area contributed by atoms with E-state index in [0.717, 1.165) is 17.7 Å². The molecule has 0 aromatic carbocycles. The minimum absolute atomic E-state index is 0.168. The van der Waals surface area contributed by atoms with Gasteiger partial charge in [0.2, 0.25) is 5.95 Å². The summed E-state index contributed by atoms with van der Waals surface area (Å²) in [6.07, 6.45) is 5.61. The van der Waals surface area contributed by atoms with Gasteiger partial charge >= 0.3 is 6.03 Å². The first kappa shape index (κ1) is 18.3. The molecule has 0 fully saturated rings. The molecule has 1 atom stereocenters. The summed E-state index contributed by atoms with van der Waals surface area (Å²) in [6, 6.07) is -0.236. The van der Waals surface area contributed by atoms with Gasteiger partial charge in [0.25, 0.3) is 0 Å². The lowest BCUT2D eigenvalue weighted by molar-refractivity contribution is 0.187. The van der Waals surface area contributed by atoms with E-state index in [-0.39, 0.29) is 18.1 Å².